The lowest BCUT2D eigenvalue weighted by molar-refractivity contribution is 0.111. The Morgan fingerprint density at radius 3 is 1.94 bits per heavy atom. The molecule has 0 aliphatic heterocycles. The third kappa shape index (κ3) is 4.22. The molecule has 0 aliphatic carbocycles. The van der Waals surface area contributed by atoms with E-state index in [0.29, 0.717) is 5.56 Å². The first-order chi connectivity index (χ1) is 8.67. The smallest absolute Gasteiger partial charge is 0.150 e. The summed E-state index contributed by atoms with van der Waals surface area (Å²) in [5, 5.41) is 8.74. The minimum atomic E-state index is 0.181. The molecule has 0 spiro atoms. The average Bonchev–Trinajstić information content (AvgIpc) is 2.41. The fraction of sp³-hybridized carbons (Fsp3) is 0.0667. The van der Waals surface area contributed by atoms with Crippen LogP contribution in [0.2, 0.25) is 0 Å². The second-order valence-electron chi connectivity index (χ2n) is 3.68. The van der Waals surface area contributed by atoms with Crippen molar-refractivity contribution < 1.29 is 14.7 Å². The monoisotopic (exact) mass is 242 g/mol. The van der Waals surface area contributed by atoms with Gasteiger partial charge in [0, 0.05) is 11.1 Å². The van der Waals surface area contributed by atoms with Gasteiger partial charge in [-0.2, -0.15) is 0 Å². The third-order valence-corrected chi connectivity index (χ3v) is 2.34. The summed E-state index contributed by atoms with van der Waals surface area (Å²) in [4.78, 5) is 20.3. The van der Waals surface area contributed by atoms with Gasteiger partial charge < -0.3 is 5.11 Å². The SMILES string of the molecule is Cc1ccccc1C=O.O=Cc1ccc(O)cc1. The lowest BCUT2D eigenvalue weighted by Crippen LogP contribution is -1.82. The molecule has 0 fully saturated rings. The maximum absolute atomic E-state index is 10.2. The highest BCUT2D eigenvalue weighted by atomic mass is 16.3. The second kappa shape index (κ2) is 7.01. The van der Waals surface area contributed by atoms with Crippen LogP contribution in [0.4, 0.5) is 0 Å². The van der Waals surface area contributed by atoms with Crippen molar-refractivity contribution >= 4 is 12.6 Å². The van der Waals surface area contributed by atoms with E-state index in [1.54, 1.807) is 12.1 Å². The zero-order valence-corrected chi connectivity index (χ0v) is 10.0. The Hall–Kier alpha value is -2.42. The van der Waals surface area contributed by atoms with Gasteiger partial charge in [-0.05, 0) is 36.8 Å². The summed E-state index contributed by atoms with van der Waals surface area (Å²) < 4.78 is 0. The number of phenols is 1. The maximum Gasteiger partial charge on any atom is 0.150 e. The molecular weight excluding hydrogens is 228 g/mol. The summed E-state index contributed by atoms with van der Waals surface area (Å²) in [5.41, 5.74) is 2.39. The number of rotatable bonds is 2. The molecule has 0 saturated heterocycles. The van der Waals surface area contributed by atoms with Crippen LogP contribution in [0.15, 0.2) is 48.5 Å². The molecular formula is C15H14O3. The first kappa shape index (κ1) is 13.6. The first-order valence-electron chi connectivity index (χ1n) is 5.42. The lowest BCUT2D eigenvalue weighted by atomic mass is 10.1. The average molecular weight is 242 g/mol. The zero-order valence-electron chi connectivity index (χ0n) is 10.0. The highest BCUT2D eigenvalue weighted by Crippen LogP contribution is 2.07. The number of hydrogen-bond donors (Lipinski definition) is 1. The molecule has 3 heteroatoms. The molecule has 18 heavy (non-hydrogen) atoms. The van der Waals surface area contributed by atoms with Gasteiger partial charge in [0.1, 0.15) is 18.3 Å². The quantitative estimate of drug-likeness (QED) is 0.823. The van der Waals surface area contributed by atoms with Crippen LogP contribution < -0.4 is 0 Å². The van der Waals surface area contributed by atoms with Gasteiger partial charge in [-0.3, -0.25) is 9.59 Å². The Bertz CT molecular complexity index is 516. The third-order valence-electron chi connectivity index (χ3n) is 2.34. The zero-order chi connectivity index (χ0) is 13.4. The van der Waals surface area contributed by atoms with E-state index in [2.05, 4.69) is 0 Å². The lowest BCUT2D eigenvalue weighted by Gasteiger charge is -1.92. The van der Waals surface area contributed by atoms with E-state index < -0.39 is 0 Å². The molecule has 2 aromatic carbocycles. The number of aldehydes is 2. The number of hydrogen-bond acceptors (Lipinski definition) is 3. The summed E-state index contributed by atoms with van der Waals surface area (Å²) in [6.45, 7) is 1.92. The summed E-state index contributed by atoms with van der Waals surface area (Å²) in [5.74, 6) is 0.181. The fourth-order valence-corrected chi connectivity index (χ4v) is 1.27. The number of benzene rings is 2. The van der Waals surface area contributed by atoms with Crippen molar-refractivity contribution in [3.05, 3.63) is 65.2 Å². The largest absolute Gasteiger partial charge is 0.508 e. The molecule has 0 aromatic heterocycles. The number of aryl methyl sites for hydroxylation is 1. The molecule has 3 nitrogen and oxygen atoms in total. The summed E-state index contributed by atoms with van der Waals surface area (Å²) >= 11 is 0. The Balaban J connectivity index is 0.000000180. The topological polar surface area (TPSA) is 54.4 Å². The first-order valence-corrected chi connectivity index (χ1v) is 5.42. The van der Waals surface area contributed by atoms with E-state index in [-0.39, 0.29) is 5.75 Å². The van der Waals surface area contributed by atoms with Crippen molar-refractivity contribution in [2.45, 2.75) is 6.92 Å². The molecule has 0 atom stereocenters. The van der Waals surface area contributed by atoms with E-state index >= 15 is 0 Å². The van der Waals surface area contributed by atoms with Crippen molar-refractivity contribution in [1.82, 2.24) is 0 Å². The molecule has 0 amide bonds. The highest BCUT2D eigenvalue weighted by molar-refractivity contribution is 5.76. The molecule has 2 rings (SSSR count). The van der Waals surface area contributed by atoms with Gasteiger partial charge in [-0.1, -0.05) is 24.3 Å². The van der Waals surface area contributed by atoms with Gasteiger partial charge in [0.2, 0.25) is 0 Å². The predicted molar refractivity (Wildman–Crippen MR) is 70.1 cm³/mol. The molecule has 0 radical (unpaired) electrons. The van der Waals surface area contributed by atoms with Crippen LogP contribution in [0.25, 0.3) is 0 Å². The van der Waals surface area contributed by atoms with Crippen molar-refractivity contribution in [2.75, 3.05) is 0 Å². The van der Waals surface area contributed by atoms with Gasteiger partial charge in [-0.25, -0.2) is 0 Å². The molecule has 2 aromatic rings. The van der Waals surface area contributed by atoms with Crippen molar-refractivity contribution in [3.8, 4) is 5.75 Å². The van der Waals surface area contributed by atoms with Gasteiger partial charge in [-0.15, -0.1) is 0 Å². The Morgan fingerprint density at radius 2 is 1.50 bits per heavy atom. The minimum Gasteiger partial charge on any atom is -0.508 e. The van der Waals surface area contributed by atoms with Crippen LogP contribution in [0, 0.1) is 6.92 Å². The molecule has 0 bridgehead atoms. The van der Waals surface area contributed by atoms with Crippen LogP contribution in [0.3, 0.4) is 0 Å². The Morgan fingerprint density at radius 1 is 0.889 bits per heavy atom. The predicted octanol–water partition coefficient (Wildman–Crippen LogP) is 3.01. The van der Waals surface area contributed by atoms with Gasteiger partial charge in [0.15, 0.2) is 0 Å². The van der Waals surface area contributed by atoms with Crippen LogP contribution in [0.1, 0.15) is 26.3 Å². The highest BCUT2D eigenvalue weighted by Gasteiger charge is 1.90. The van der Waals surface area contributed by atoms with Crippen molar-refractivity contribution in [3.63, 3.8) is 0 Å². The van der Waals surface area contributed by atoms with E-state index in [9.17, 15) is 9.59 Å². The van der Waals surface area contributed by atoms with E-state index in [0.717, 1.165) is 23.7 Å². The van der Waals surface area contributed by atoms with Crippen LogP contribution in [0.5, 0.6) is 5.75 Å². The van der Waals surface area contributed by atoms with E-state index in [4.69, 9.17) is 5.11 Å². The normalized spacial score (nSPS) is 8.94. The number of aromatic hydroxyl groups is 1. The molecule has 0 unspecified atom stereocenters. The minimum absolute atomic E-state index is 0.181. The summed E-state index contributed by atoms with van der Waals surface area (Å²) in [7, 11) is 0. The number of carbonyl (C=O) groups excluding carboxylic acids is 2. The molecule has 1 N–H and O–H groups in total. The molecule has 92 valence electrons. The Labute approximate surface area is 106 Å². The number of carbonyl (C=O) groups is 2. The molecule has 0 saturated carbocycles. The maximum atomic E-state index is 10.2. The fourth-order valence-electron chi connectivity index (χ4n) is 1.27. The molecule has 0 aliphatic rings. The van der Waals surface area contributed by atoms with Crippen LogP contribution in [-0.4, -0.2) is 17.7 Å². The van der Waals surface area contributed by atoms with Gasteiger partial charge in [0.05, 0.1) is 0 Å². The number of phenolic OH excluding ortho intramolecular Hbond substituents is 1. The Kier molecular flexibility index (Phi) is 5.32. The second-order valence-corrected chi connectivity index (χ2v) is 3.68. The summed E-state index contributed by atoms with van der Waals surface area (Å²) in [6.07, 6.45) is 1.61. The molecule has 0 heterocycles. The van der Waals surface area contributed by atoms with E-state index in [1.165, 1.54) is 12.1 Å². The standard InChI is InChI=1S/C8H8O.C7H6O2/c1-7-4-2-3-5-8(7)6-9;8-5-6-1-3-7(9)4-2-6/h2-6H,1H3;1-5,9H. The summed E-state index contributed by atoms with van der Waals surface area (Å²) in [6, 6.07) is 13.6. The van der Waals surface area contributed by atoms with Crippen molar-refractivity contribution in [1.29, 1.82) is 0 Å². The van der Waals surface area contributed by atoms with Crippen LogP contribution in [-0.2, 0) is 0 Å². The van der Waals surface area contributed by atoms with Crippen LogP contribution >= 0.6 is 0 Å². The van der Waals surface area contributed by atoms with Crippen molar-refractivity contribution in [2.24, 2.45) is 0 Å². The van der Waals surface area contributed by atoms with Gasteiger partial charge in [0.25, 0.3) is 0 Å². The van der Waals surface area contributed by atoms with Gasteiger partial charge >= 0.3 is 0 Å². The van der Waals surface area contributed by atoms with E-state index in [1.807, 2.05) is 31.2 Å².